The average Bonchev–Trinajstić information content (AvgIpc) is 2.33. The molecule has 2 N–H and O–H groups in total. The van der Waals surface area contributed by atoms with E-state index in [0.29, 0.717) is 0 Å². The molecule has 0 bridgehead atoms. The van der Waals surface area contributed by atoms with Crippen LogP contribution in [-0.2, 0) is 6.42 Å². The molecule has 0 aliphatic rings. The molecule has 1 aromatic carbocycles. The van der Waals surface area contributed by atoms with Crippen molar-refractivity contribution in [1.82, 2.24) is 10.2 Å². The predicted molar refractivity (Wildman–Crippen MR) is 63.8 cm³/mol. The van der Waals surface area contributed by atoms with Crippen LogP contribution in [-0.4, -0.2) is 10.2 Å². The Hall–Kier alpha value is -1.74. The number of aryl methyl sites for hydroxylation is 1. The molecule has 0 saturated carbocycles. The molecule has 0 radical (unpaired) electrons. The Labute approximate surface area is 95.3 Å². The monoisotopic (exact) mass is 213 g/mol. The second-order valence-electron chi connectivity index (χ2n) is 3.89. The molecule has 0 fully saturated rings. The SMILES string of the molecule is Cc1ccc(CC(N)c2ccccc2)nn1. The van der Waals surface area contributed by atoms with Gasteiger partial charge in [0.15, 0.2) is 0 Å². The molecule has 2 rings (SSSR count). The molecular formula is C13H15N3. The largest absolute Gasteiger partial charge is 0.324 e. The maximum atomic E-state index is 6.10. The quantitative estimate of drug-likeness (QED) is 0.848. The van der Waals surface area contributed by atoms with E-state index in [1.54, 1.807) is 0 Å². The zero-order valence-corrected chi connectivity index (χ0v) is 9.30. The molecule has 3 heteroatoms. The summed E-state index contributed by atoms with van der Waals surface area (Å²) in [5, 5.41) is 8.13. The summed E-state index contributed by atoms with van der Waals surface area (Å²) >= 11 is 0. The number of nitrogens with two attached hydrogens (primary N) is 1. The summed E-state index contributed by atoms with van der Waals surface area (Å²) in [7, 11) is 0. The van der Waals surface area contributed by atoms with Crippen molar-refractivity contribution in [3.8, 4) is 0 Å². The van der Waals surface area contributed by atoms with Gasteiger partial charge in [0.1, 0.15) is 0 Å². The normalized spacial score (nSPS) is 12.4. The number of aromatic nitrogens is 2. The maximum absolute atomic E-state index is 6.10. The molecule has 0 aliphatic heterocycles. The van der Waals surface area contributed by atoms with Gasteiger partial charge in [-0.25, -0.2) is 0 Å². The fourth-order valence-corrected chi connectivity index (χ4v) is 1.58. The minimum absolute atomic E-state index is 0.0155. The van der Waals surface area contributed by atoms with E-state index in [1.165, 1.54) is 0 Å². The van der Waals surface area contributed by atoms with Crippen LogP contribution in [0.25, 0.3) is 0 Å². The summed E-state index contributed by atoms with van der Waals surface area (Å²) < 4.78 is 0. The lowest BCUT2D eigenvalue weighted by molar-refractivity contribution is 0.693. The van der Waals surface area contributed by atoms with Gasteiger partial charge in [-0.15, -0.1) is 0 Å². The van der Waals surface area contributed by atoms with Crippen molar-refractivity contribution in [2.75, 3.05) is 0 Å². The molecule has 0 aliphatic carbocycles. The third-order valence-electron chi connectivity index (χ3n) is 2.51. The van der Waals surface area contributed by atoms with Gasteiger partial charge in [-0.2, -0.15) is 10.2 Å². The lowest BCUT2D eigenvalue weighted by Crippen LogP contribution is -2.14. The zero-order valence-electron chi connectivity index (χ0n) is 9.30. The first-order valence-electron chi connectivity index (χ1n) is 5.35. The lowest BCUT2D eigenvalue weighted by Gasteiger charge is -2.10. The molecule has 0 amide bonds. The van der Waals surface area contributed by atoms with Gasteiger partial charge in [0.2, 0.25) is 0 Å². The Kier molecular flexibility index (Phi) is 3.27. The van der Waals surface area contributed by atoms with Crippen LogP contribution in [0.2, 0.25) is 0 Å². The Morgan fingerprint density at radius 2 is 1.81 bits per heavy atom. The number of benzene rings is 1. The van der Waals surface area contributed by atoms with E-state index in [1.807, 2.05) is 49.4 Å². The van der Waals surface area contributed by atoms with Crippen LogP contribution < -0.4 is 5.73 Å². The maximum Gasteiger partial charge on any atom is 0.0650 e. The highest BCUT2D eigenvalue weighted by Crippen LogP contribution is 2.13. The fraction of sp³-hybridized carbons (Fsp3) is 0.231. The topological polar surface area (TPSA) is 51.8 Å². The van der Waals surface area contributed by atoms with Gasteiger partial charge in [-0.3, -0.25) is 0 Å². The van der Waals surface area contributed by atoms with Gasteiger partial charge < -0.3 is 5.73 Å². The molecule has 0 spiro atoms. The third-order valence-corrected chi connectivity index (χ3v) is 2.51. The van der Waals surface area contributed by atoms with E-state index >= 15 is 0 Å². The molecule has 16 heavy (non-hydrogen) atoms. The smallest absolute Gasteiger partial charge is 0.0650 e. The molecule has 1 heterocycles. The third kappa shape index (κ3) is 2.64. The first-order chi connectivity index (χ1) is 7.75. The van der Waals surface area contributed by atoms with Crippen LogP contribution in [0.3, 0.4) is 0 Å². The predicted octanol–water partition coefficient (Wildman–Crippen LogP) is 2.03. The van der Waals surface area contributed by atoms with Crippen LogP contribution in [0.4, 0.5) is 0 Å². The highest BCUT2D eigenvalue weighted by molar-refractivity contribution is 5.20. The summed E-state index contributed by atoms with van der Waals surface area (Å²) in [5.74, 6) is 0. The van der Waals surface area contributed by atoms with Gasteiger partial charge in [0.05, 0.1) is 11.4 Å². The van der Waals surface area contributed by atoms with Gasteiger partial charge >= 0.3 is 0 Å². The van der Waals surface area contributed by atoms with E-state index in [-0.39, 0.29) is 6.04 Å². The minimum Gasteiger partial charge on any atom is -0.324 e. The first kappa shape index (κ1) is 10.8. The molecule has 1 unspecified atom stereocenters. The van der Waals surface area contributed by atoms with Gasteiger partial charge in [0, 0.05) is 12.5 Å². The summed E-state index contributed by atoms with van der Waals surface area (Å²) in [5.41, 5.74) is 9.09. The number of hydrogen-bond acceptors (Lipinski definition) is 3. The molecule has 82 valence electrons. The van der Waals surface area contributed by atoms with Crippen molar-refractivity contribution < 1.29 is 0 Å². The van der Waals surface area contributed by atoms with Crippen LogP contribution in [0, 0.1) is 6.92 Å². The second-order valence-corrected chi connectivity index (χ2v) is 3.89. The summed E-state index contributed by atoms with van der Waals surface area (Å²) in [6, 6.07) is 14.0. The average molecular weight is 213 g/mol. The minimum atomic E-state index is -0.0155. The second kappa shape index (κ2) is 4.86. The van der Waals surface area contributed by atoms with E-state index < -0.39 is 0 Å². The van der Waals surface area contributed by atoms with Gasteiger partial charge in [-0.05, 0) is 24.6 Å². The summed E-state index contributed by atoms with van der Waals surface area (Å²) in [6.07, 6.45) is 0.720. The van der Waals surface area contributed by atoms with Crippen LogP contribution in [0.5, 0.6) is 0 Å². The van der Waals surface area contributed by atoms with E-state index in [9.17, 15) is 0 Å². The highest BCUT2D eigenvalue weighted by atomic mass is 15.1. The highest BCUT2D eigenvalue weighted by Gasteiger charge is 2.07. The van der Waals surface area contributed by atoms with Crippen LogP contribution >= 0.6 is 0 Å². The van der Waals surface area contributed by atoms with E-state index in [2.05, 4.69) is 10.2 Å². The Balaban J connectivity index is 2.08. The number of rotatable bonds is 3. The summed E-state index contributed by atoms with van der Waals surface area (Å²) in [6.45, 7) is 1.92. The molecule has 1 aromatic heterocycles. The fourth-order valence-electron chi connectivity index (χ4n) is 1.58. The van der Waals surface area contributed by atoms with Crippen LogP contribution in [0.15, 0.2) is 42.5 Å². The van der Waals surface area contributed by atoms with Crippen molar-refractivity contribution in [3.63, 3.8) is 0 Å². The molecular weight excluding hydrogens is 198 g/mol. The Morgan fingerprint density at radius 3 is 2.44 bits per heavy atom. The zero-order chi connectivity index (χ0) is 11.4. The van der Waals surface area contributed by atoms with E-state index in [4.69, 9.17) is 5.73 Å². The molecule has 1 atom stereocenters. The first-order valence-corrected chi connectivity index (χ1v) is 5.35. The lowest BCUT2D eigenvalue weighted by atomic mass is 10.0. The standard InChI is InChI=1S/C13H15N3/c1-10-7-8-12(16-15-10)9-13(14)11-5-3-2-4-6-11/h2-8,13H,9,14H2,1H3. The van der Waals surface area contributed by atoms with Gasteiger partial charge in [0.25, 0.3) is 0 Å². The van der Waals surface area contributed by atoms with Gasteiger partial charge in [-0.1, -0.05) is 30.3 Å². The Morgan fingerprint density at radius 1 is 1.06 bits per heavy atom. The molecule has 3 nitrogen and oxygen atoms in total. The van der Waals surface area contributed by atoms with Crippen molar-refractivity contribution in [1.29, 1.82) is 0 Å². The number of hydrogen-bond donors (Lipinski definition) is 1. The van der Waals surface area contributed by atoms with Crippen molar-refractivity contribution >= 4 is 0 Å². The van der Waals surface area contributed by atoms with Crippen molar-refractivity contribution in [2.24, 2.45) is 5.73 Å². The van der Waals surface area contributed by atoms with Crippen molar-refractivity contribution in [3.05, 3.63) is 59.4 Å². The van der Waals surface area contributed by atoms with E-state index in [0.717, 1.165) is 23.4 Å². The molecule has 2 aromatic rings. The summed E-state index contributed by atoms with van der Waals surface area (Å²) in [4.78, 5) is 0. The van der Waals surface area contributed by atoms with Crippen LogP contribution in [0.1, 0.15) is 23.0 Å². The molecule has 0 saturated heterocycles. The van der Waals surface area contributed by atoms with Crippen molar-refractivity contribution in [2.45, 2.75) is 19.4 Å². The number of nitrogens with zero attached hydrogens (tertiary/aromatic N) is 2. The Bertz CT molecular complexity index is 436.